The third-order valence-corrected chi connectivity index (χ3v) is 2.75. The summed E-state index contributed by atoms with van der Waals surface area (Å²) in [4.78, 5) is 0. The molecule has 0 aliphatic carbocycles. The average molecular weight is 247 g/mol. The number of hydrogen-bond acceptors (Lipinski definition) is 4. The molecular weight excluding hydrogens is 232 g/mol. The van der Waals surface area contributed by atoms with Crippen LogP contribution in [0.1, 0.15) is 0 Å². The fraction of sp³-hybridized carbons (Fsp3) is 0.286. The zero-order valence-electron chi connectivity index (χ0n) is 10.9. The monoisotopic (exact) mass is 247 g/mol. The summed E-state index contributed by atoms with van der Waals surface area (Å²) in [6.45, 7) is 0. The molecule has 0 amide bonds. The lowest BCUT2D eigenvalue weighted by atomic mass is 10.1. The summed E-state index contributed by atoms with van der Waals surface area (Å²) in [6.07, 6.45) is 0. The van der Waals surface area contributed by atoms with Crippen LogP contribution in [0, 0.1) is 6.07 Å². The minimum absolute atomic E-state index is 0.509. The van der Waals surface area contributed by atoms with E-state index in [1.807, 2.05) is 18.2 Å². The summed E-state index contributed by atoms with van der Waals surface area (Å²) >= 11 is 0. The van der Waals surface area contributed by atoms with E-state index >= 15 is 0 Å². The van der Waals surface area contributed by atoms with Gasteiger partial charge in [-0.15, -0.1) is 0 Å². The van der Waals surface area contributed by atoms with E-state index < -0.39 is 0 Å². The molecule has 1 radical (unpaired) electrons. The molecule has 0 saturated heterocycles. The fourth-order valence-corrected chi connectivity index (χ4v) is 1.96. The fourth-order valence-electron chi connectivity index (χ4n) is 1.96. The summed E-state index contributed by atoms with van der Waals surface area (Å²) in [5.41, 5.74) is 0. The molecule has 0 heterocycles. The molecule has 0 bridgehead atoms. The molecular formula is C14H15O4. The van der Waals surface area contributed by atoms with Crippen LogP contribution in [0.2, 0.25) is 0 Å². The molecule has 0 aliphatic heterocycles. The van der Waals surface area contributed by atoms with Crippen molar-refractivity contribution < 1.29 is 18.9 Å². The van der Waals surface area contributed by atoms with Crippen LogP contribution in [0.4, 0.5) is 0 Å². The van der Waals surface area contributed by atoms with Crippen LogP contribution >= 0.6 is 0 Å². The maximum absolute atomic E-state index is 5.43. The van der Waals surface area contributed by atoms with Crippen molar-refractivity contribution in [3.63, 3.8) is 0 Å². The summed E-state index contributed by atoms with van der Waals surface area (Å²) in [6, 6.07) is 8.81. The Labute approximate surface area is 106 Å². The first kappa shape index (κ1) is 12.4. The molecule has 4 nitrogen and oxygen atoms in total. The standard InChI is InChI=1S/C14H15O4/c1-15-10-7-5-6-9-8-11(16-2)13(17-3)14(18-4)12(9)10/h5-7H,1-4H3. The van der Waals surface area contributed by atoms with Gasteiger partial charge in [0.2, 0.25) is 5.75 Å². The maximum atomic E-state index is 5.43. The van der Waals surface area contributed by atoms with Crippen LogP contribution < -0.4 is 18.9 Å². The lowest BCUT2D eigenvalue weighted by Crippen LogP contribution is -1.97. The molecule has 95 valence electrons. The topological polar surface area (TPSA) is 36.9 Å². The summed E-state index contributed by atoms with van der Waals surface area (Å²) in [7, 11) is 6.34. The SMILES string of the molecule is COc1[c]c2cccc(OC)c2c(OC)c1OC. The van der Waals surface area contributed by atoms with Crippen LogP contribution in [-0.2, 0) is 0 Å². The Morgan fingerprint density at radius 1 is 0.833 bits per heavy atom. The predicted molar refractivity (Wildman–Crippen MR) is 69.0 cm³/mol. The molecule has 0 aliphatic rings. The zero-order valence-corrected chi connectivity index (χ0v) is 10.9. The first-order valence-corrected chi connectivity index (χ1v) is 5.44. The first-order chi connectivity index (χ1) is 8.76. The number of fused-ring (bicyclic) bond motifs is 1. The molecule has 0 fully saturated rings. The summed E-state index contributed by atoms with van der Waals surface area (Å²) in [5.74, 6) is 2.31. The Kier molecular flexibility index (Phi) is 3.46. The molecule has 0 spiro atoms. The Balaban J connectivity index is 2.88. The second-order valence-corrected chi connectivity index (χ2v) is 3.61. The first-order valence-electron chi connectivity index (χ1n) is 5.44. The predicted octanol–water partition coefficient (Wildman–Crippen LogP) is 2.67. The molecule has 0 aromatic heterocycles. The van der Waals surface area contributed by atoms with Crippen molar-refractivity contribution in [2.45, 2.75) is 0 Å². The van der Waals surface area contributed by atoms with Crippen LogP contribution in [0.25, 0.3) is 10.8 Å². The highest BCUT2D eigenvalue weighted by Gasteiger charge is 2.18. The van der Waals surface area contributed by atoms with E-state index in [4.69, 9.17) is 18.9 Å². The van der Waals surface area contributed by atoms with Gasteiger partial charge in [0.1, 0.15) is 5.75 Å². The maximum Gasteiger partial charge on any atom is 0.204 e. The van der Waals surface area contributed by atoms with E-state index in [1.54, 1.807) is 28.4 Å². The second-order valence-electron chi connectivity index (χ2n) is 3.61. The Hall–Kier alpha value is -2.10. The van der Waals surface area contributed by atoms with Gasteiger partial charge in [-0.1, -0.05) is 12.1 Å². The molecule has 0 saturated carbocycles. The van der Waals surface area contributed by atoms with Gasteiger partial charge in [-0.3, -0.25) is 0 Å². The van der Waals surface area contributed by atoms with Crippen molar-refractivity contribution in [3.8, 4) is 23.0 Å². The largest absolute Gasteiger partial charge is 0.496 e. The minimum Gasteiger partial charge on any atom is -0.496 e. The third-order valence-electron chi connectivity index (χ3n) is 2.75. The number of benzene rings is 2. The molecule has 0 unspecified atom stereocenters. The molecule has 2 aromatic carbocycles. The summed E-state index contributed by atoms with van der Waals surface area (Å²) < 4.78 is 21.4. The number of ether oxygens (including phenoxy) is 4. The number of rotatable bonds is 4. The van der Waals surface area contributed by atoms with Crippen LogP contribution in [0.3, 0.4) is 0 Å². The second kappa shape index (κ2) is 5.04. The van der Waals surface area contributed by atoms with Gasteiger partial charge in [-0.2, -0.15) is 0 Å². The van der Waals surface area contributed by atoms with Crippen LogP contribution in [0.15, 0.2) is 18.2 Å². The Morgan fingerprint density at radius 3 is 2.11 bits per heavy atom. The molecule has 0 N–H and O–H groups in total. The lowest BCUT2D eigenvalue weighted by Gasteiger charge is -2.16. The molecule has 0 atom stereocenters. The van der Waals surface area contributed by atoms with Gasteiger partial charge in [0.15, 0.2) is 11.5 Å². The van der Waals surface area contributed by atoms with E-state index in [2.05, 4.69) is 6.07 Å². The van der Waals surface area contributed by atoms with E-state index in [9.17, 15) is 0 Å². The van der Waals surface area contributed by atoms with E-state index in [-0.39, 0.29) is 0 Å². The minimum atomic E-state index is 0.509. The van der Waals surface area contributed by atoms with Gasteiger partial charge in [0, 0.05) is 11.5 Å². The Morgan fingerprint density at radius 2 is 1.56 bits per heavy atom. The van der Waals surface area contributed by atoms with Crippen molar-refractivity contribution in [1.29, 1.82) is 0 Å². The molecule has 18 heavy (non-hydrogen) atoms. The van der Waals surface area contributed by atoms with Crippen molar-refractivity contribution in [3.05, 3.63) is 24.3 Å². The third kappa shape index (κ3) is 1.79. The van der Waals surface area contributed by atoms with Crippen LogP contribution in [0.5, 0.6) is 23.0 Å². The van der Waals surface area contributed by atoms with Crippen molar-refractivity contribution in [2.75, 3.05) is 28.4 Å². The highest BCUT2D eigenvalue weighted by Crippen LogP contribution is 2.46. The van der Waals surface area contributed by atoms with Crippen molar-refractivity contribution in [2.24, 2.45) is 0 Å². The van der Waals surface area contributed by atoms with Crippen molar-refractivity contribution >= 4 is 10.8 Å². The van der Waals surface area contributed by atoms with E-state index in [0.717, 1.165) is 10.8 Å². The lowest BCUT2D eigenvalue weighted by molar-refractivity contribution is 0.326. The Bertz CT molecular complexity index is 563. The highest BCUT2D eigenvalue weighted by molar-refractivity contribution is 5.97. The van der Waals surface area contributed by atoms with Gasteiger partial charge in [0.05, 0.1) is 33.8 Å². The normalized spacial score (nSPS) is 10.2. The van der Waals surface area contributed by atoms with Gasteiger partial charge in [-0.05, 0) is 6.07 Å². The molecule has 2 rings (SSSR count). The van der Waals surface area contributed by atoms with Gasteiger partial charge in [0.25, 0.3) is 0 Å². The molecule has 4 heteroatoms. The zero-order chi connectivity index (χ0) is 13.1. The summed E-state index contributed by atoms with van der Waals surface area (Å²) in [5, 5.41) is 1.67. The number of hydrogen-bond donors (Lipinski definition) is 0. The average Bonchev–Trinajstić information content (AvgIpc) is 2.43. The van der Waals surface area contributed by atoms with Gasteiger partial charge >= 0.3 is 0 Å². The quantitative estimate of drug-likeness (QED) is 0.832. The molecule has 2 aromatic rings. The van der Waals surface area contributed by atoms with Crippen molar-refractivity contribution in [1.82, 2.24) is 0 Å². The van der Waals surface area contributed by atoms with Gasteiger partial charge < -0.3 is 18.9 Å². The van der Waals surface area contributed by atoms with Crippen LogP contribution in [-0.4, -0.2) is 28.4 Å². The van der Waals surface area contributed by atoms with E-state index in [1.165, 1.54) is 0 Å². The number of methoxy groups -OCH3 is 4. The smallest absolute Gasteiger partial charge is 0.204 e. The van der Waals surface area contributed by atoms with Gasteiger partial charge in [-0.25, -0.2) is 0 Å². The highest BCUT2D eigenvalue weighted by atomic mass is 16.5. The van der Waals surface area contributed by atoms with E-state index in [0.29, 0.717) is 23.0 Å².